The number of hydrogen-bond donors (Lipinski definition) is 1. The molecule has 1 saturated heterocycles. The quantitative estimate of drug-likeness (QED) is 0.628. The molecule has 3 aromatic carbocycles. The number of likely N-dealkylation sites (tertiary alicyclic amines) is 1. The van der Waals surface area contributed by atoms with Gasteiger partial charge in [0.15, 0.2) is 0 Å². The molecular formula is C25H25ClN2O2. The van der Waals surface area contributed by atoms with Crippen LogP contribution in [0.2, 0.25) is 5.02 Å². The molecule has 1 aliphatic heterocycles. The van der Waals surface area contributed by atoms with Gasteiger partial charge >= 0.3 is 0 Å². The lowest BCUT2D eigenvalue weighted by Crippen LogP contribution is -2.43. The second-order valence-corrected chi connectivity index (χ2v) is 8.25. The van der Waals surface area contributed by atoms with Crippen LogP contribution in [0.1, 0.15) is 41.7 Å². The second kappa shape index (κ2) is 8.88. The zero-order valence-electron chi connectivity index (χ0n) is 17.0. The standard InChI is InChI=1S/C25H25ClN2O2/c1-17(20-9-4-5-12-23(20)26)27-24(29)19-13-15-28(16-14-19)25(30)22-11-6-8-18-7-2-3-10-21(18)22/h2-12,17,19H,13-16H2,1H3,(H,27,29). The van der Waals surface area contributed by atoms with E-state index in [1.54, 1.807) is 0 Å². The number of amides is 2. The number of rotatable bonds is 4. The molecular weight excluding hydrogens is 396 g/mol. The number of carbonyl (C=O) groups excluding carboxylic acids is 2. The largest absolute Gasteiger partial charge is 0.349 e. The first-order valence-corrected chi connectivity index (χ1v) is 10.7. The number of fused-ring (bicyclic) bond motifs is 1. The predicted molar refractivity (Wildman–Crippen MR) is 121 cm³/mol. The molecule has 1 atom stereocenters. The second-order valence-electron chi connectivity index (χ2n) is 7.84. The molecule has 0 aromatic heterocycles. The van der Waals surface area contributed by atoms with Crippen LogP contribution in [0.25, 0.3) is 10.8 Å². The number of hydrogen-bond acceptors (Lipinski definition) is 2. The first kappa shape index (κ1) is 20.4. The Kier molecular flexibility index (Phi) is 6.05. The van der Waals surface area contributed by atoms with Gasteiger partial charge < -0.3 is 10.2 Å². The normalized spacial score (nSPS) is 15.7. The van der Waals surface area contributed by atoms with Crippen LogP contribution < -0.4 is 5.32 Å². The van der Waals surface area contributed by atoms with Crippen molar-refractivity contribution in [1.82, 2.24) is 10.2 Å². The molecule has 1 unspecified atom stereocenters. The van der Waals surface area contributed by atoms with E-state index < -0.39 is 0 Å². The highest BCUT2D eigenvalue weighted by Gasteiger charge is 2.29. The van der Waals surface area contributed by atoms with Crippen molar-refractivity contribution in [2.24, 2.45) is 5.92 Å². The van der Waals surface area contributed by atoms with Crippen molar-refractivity contribution in [3.63, 3.8) is 0 Å². The minimum atomic E-state index is -0.151. The lowest BCUT2D eigenvalue weighted by Gasteiger charge is -2.32. The van der Waals surface area contributed by atoms with Gasteiger partial charge in [0.05, 0.1) is 6.04 Å². The van der Waals surface area contributed by atoms with Gasteiger partial charge in [-0.1, -0.05) is 66.2 Å². The summed E-state index contributed by atoms with van der Waals surface area (Å²) in [6, 6.07) is 21.2. The van der Waals surface area contributed by atoms with Crippen molar-refractivity contribution in [3.05, 3.63) is 82.9 Å². The van der Waals surface area contributed by atoms with E-state index >= 15 is 0 Å². The Morgan fingerprint density at radius 3 is 2.40 bits per heavy atom. The fraction of sp³-hybridized carbons (Fsp3) is 0.280. The van der Waals surface area contributed by atoms with E-state index in [1.807, 2.05) is 78.6 Å². The van der Waals surface area contributed by atoms with Crippen molar-refractivity contribution < 1.29 is 9.59 Å². The highest BCUT2D eigenvalue weighted by atomic mass is 35.5. The summed E-state index contributed by atoms with van der Waals surface area (Å²) >= 11 is 6.25. The fourth-order valence-electron chi connectivity index (χ4n) is 4.16. The Morgan fingerprint density at radius 1 is 0.967 bits per heavy atom. The summed E-state index contributed by atoms with van der Waals surface area (Å²) in [5.41, 5.74) is 1.64. The maximum atomic E-state index is 13.1. The Labute approximate surface area is 181 Å². The van der Waals surface area contributed by atoms with Gasteiger partial charge in [0.2, 0.25) is 5.91 Å². The van der Waals surface area contributed by atoms with Crippen LogP contribution in [-0.4, -0.2) is 29.8 Å². The molecule has 30 heavy (non-hydrogen) atoms. The van der Waals surface area contributed by atoms with Gasteiger partial charge in [-0.25, -0.2) is 0 Å². The highest BCUT2D eigenvalue weighted by Crippen LogP contribution is 2.26. The molecule has 2 amide bonds. The molecule has 3 aromatic rings. The van der Waals surface area contributed by atoms with E-state index in [2.05, 4.69) is 5.32 Å². The monoisotopic (exact) mass is 420 g/mol. The Bertz CT molecular complexity index is 1070. The zero-order valence-corrected chi connectivity index (χ0v) is 17.7. The van der Waals surface area contributed by atoms with Gasteiger partial charge in [0, 0.05) is 29.6 Å². The summed E-state index contributed by atoms with van der Waals surface area (Å²) < 4.78 is 0. The number of benzene rings is 3. The minimum Gasteiger partial charge on any atom is -0.349 e. The van der Waals surface area contributed by atoms with E-state index in [-0.39, 0.29) is 23.8 Å². The Hall–Kier alpha value is -2.85. The smallest absolute Gasteiger partial charge is 0.254 e. The summed E-state index contributed by atoms with van der Waals surface area (Å²) in [4.78, 5) is 27.7. The van der Waals surface area contributed by atoms with Crippen molar-refractivity contribution in [1.29, 1.82) is 0 Å². The number of nitrogens with one attached hydrogen (secondary N) is 1. The summed E-state index contributed by atoms with van der Waals surface area (Å²) in [6.45, 7) is 3.11. The first-order valence-electron chi connectivity index (χ1n) is 10.4. The molecule has 0 aliphatic carbocycles. The SMILES string of the molecule is CC(NC(=O)C1CCN(C(=O)c2cccc3ccccc23)CC1)c1ccccc1Cl. The van der Waals surface area contributed by atoms with Crippen molar-refractivity contribution in [2.45, 2.75) is 25.8 Å². The summed E-state index contributed by atoms with van der Waals surface area (Å²) in [5.74, 6) is -0.0266. The highest BCUT2D eigenvalue weighted by molar-refractivity contribution is 6.31. The van der Waals surface area contributed by atoms with Crippen LogP contribution in [0.15, 0.2) is 66.7 Å². The number of carbonyl (C=O) groups is 2. The molecule has 1 aliphatic rings. The Balaban J connectivity index is 1.38. The lowest BCUT2D eigenvalue weighted by atomic mass is 9.94. The first-order chi connectivity index (χ1) is 14.5. The average molecular weight is 421 g/mol. The van der Waals surface area contributed by atoms with E-state index in [4.69, 9.17) is 11.6 Å². The summed E-state index contributed by atoms with van der Waals surface area (Å²) in [6.07, 6.45) is 1.33. The van der Waals surface area contributed by atoms with Crippen molar-refractivity contribution >= 4 is 34.2 Å². The molecule has 0 saturated carbocycles. The third-order valence-corrected chi connectivity index (χ3v) is 6.25. The van der Waals surface area contributed by atoms with Crippen molar-refractivity contribution in [3.8, 4) is 0 Å². The van der Waals surface area contributed by atoms with Crippen LogP contribution in [0.3, 0.4) is 0 Å². The van der Waals surface area contributed by atoms with Crippen LogP contribution >= 0.6 is 11.6 Å². The molecule has 1 fully saturated rings. The number of piperidine rings is 1. The number of halogens is 1. The van der Waals surface area contributed by atoms with E-state index in [0.29, 0.717) is 31.0 Å². The van der Waals surface area contributed by atoms with Gasteiger partial charge in [-0.2, -0.15) is 0 Å². The Morgan fingerprint density at radius 2 is 1.63 bits per heavy atom. The van der Waals surface area contributed by atoms with Gasteiger partial charge in [-0.05, 0) is 48.2 Å². The topological polar surface area (TPSA) is 49.4 Å². The average Bonchev–Trinajstić information content (AvgIpc) is 2.78. The van der Waals surface area contributed by atoms with Crippen LogP contribution in [0.5, 0.6) is 0 Å². The predicted octanol–water partition coefficient (Wildman–Crippen LogP) is 5.22. The molecule has 5 heteroatoms. The lowest BCUT2D eigenvalue weighted by molar-refractivity contribution is -0.126. The maximum absolute atomic E-state index is 13.1. The molecule has 0 radical (unpaired) electrons. The van der Waals surface area contributed by atoms with Gasteiger partial charge in [-0.15, -0.1) is 0 Å². The molecule has 1 N–H and O–H groups in total. The molecule has 1 heterocycles. The van der Waals surface area contributed by atoms with E-state index in [0.717, 1.165) is 21.9 Å². The zero-order chi connectivity index (χ0) is 21.1. The van der Waals surface area contributed by atoms with Gasteiger partial charge in [0.1, 0.15) is 0 Å². The molecule has 154 valence electrons. The molecule has 0 bridgehead atoms. The molecule has 4 nitrogen and oxygen atoms in total. The van der Waals surface area contributed by atoms with Gasteiger partial charge in [0.25, 0.3) is 5.91 Å². The van der Waals surface area contributed by atoms with E-state index in [9.17, 15) is 9.59 Å². The molecule has 4 rings (SSSR count). The van der Waals surface area contributed by atoms with Crippen LogP contribution in [0, 0.1) is 5.92 Å². The number of nitrogens with zero attached hydrogens (tertiary/aromatic N) is 1. The third-order valence-electron chi connectivity index (χ3n) is 5.90. The molecule has 0 spiro atoms. The summed E-state index contributed by atoms with van der Waals surface area (Å²) in [7, 11) is 0. The van der Waals surface area contributed by atoms with E-state index in [1.165, 1.54) is 0 Å². The van der Waals surface area contributed by atoms with Crippen LogP contribution in [0.4, 0.5) is 0 Å². The minimum absolute atomic E-state index is 0.0275. The maximum Gasteiger partial charge on any atom is 0.254 e. The third kappa shape index (κ3) is 4.19. The van der Waals surface area contributed by atoms with Crippen molar-refractivity contribution in [2.75, 3.05) is 13.1 Å². The van der Waals surface area contributed by atoms with Crippen LogP contribution in [-0.2, 0) is 4.79 Å². The fourth-order valence-corrected chi connectivity index (χ4v) is 4.46. The summed E-state index contributed by atoms with van der Waals surface area (Å²) in [5, 5.41) is 5.77. The van der Waals surface area contributed by atoms with Gasteiger partial charge in [-0.3, -0.25) is 9.59 Å².